The smallest absolute Gasteiger partial charge is 0.190 e. The fourth-order valence-electron chi connectivity index (χ4n) is 2.71. The van der Waals surface area contributed by atoms with Gasteiger partial charge in [0.1, 0.15) is 5.60 Å². The number of rotatable bonds is 3. The highest BCUT2D eigenvalue weighted by molar-refractivity contribution is 6.02. The number of methoxy groups -OCH3 is 1. The van der Waals surface area contributed by atoms with E-state index in [-0.39, 0.29) is 5.78 Å². The first-order chi connectivity index (χ1) is 7.78. The molecule has 2 heteroatoms. The van der Waals surface area contributed by atoms with E-state index < -0.39 is 5.60 Å². The fraction of sp³-hybridized carbons (Fsp3) is 0.786. The van der Waals surface area contributed by atoms with Gasteiger partial charge in [0, 0.05) is 7.11 Å². The van der Waals surface area contributed by atoms with Gasteiger partial charge in [0.2, 0.25) is 0 Å². The standard InChI is InChI=1S/C14H22O2/c1-16-14(10-7-11-14)13(15)12-8-5-3-2-4-6-9-12/h8H,2-7,9-11H2,1H3. The normalized spacial score (nSPS) is 24.9. The molecule has 1 saturated carbocycles. The van der Waals surface area contributed by atoms with E-state index in [4.69, 9.17) is 4.74 Å². The van der Waals surface area contributed by atoms with Crippen LogP contribution in [0.1, 0.15) is 57.8 Å². The molecule has 1 fully saturated rings. The summed E-state index contributed by atoms with van der Waals surface area (Å²) >= 11 is 0. The molecule has 0 spiro atoms. The molecule has 0 unspecified atom stereocenters. The molecule has 0 saturated heterocycles. The predicted molar refractivity (Wildman–Crippen MR) is 64.4 cm³/mol. The number of hydrogen-bond donors (Lipinski definition) is 0. The van der Waals surface area contributed by atoms with Crippen LogP contribution in [0.5, 0.6) is 0 Å². The first-order valence-corrected chi connectivity index (χ1v) is 6.57. The van der Waals surface area contributed by atoms with Crippen molar-refractivity contribution >= 4 is 5.78 Å². The molecule has 0 aromatic heterocycles. The van der Waals surface area contributed by atoms with Gasteiger partial charge in [0.25, 0.3) is 0 Å². The molecular formula is C14H22O2. The molecule has 16 heavy (non-hydrogen) atoms. The van der Waals surface area contributed by atoms with E-state index in [0.717, 1.165) is 44.1 Å². The SMILES string of the molecule is COC1(C(=O)C2=CCCCCCC2)CCC1. The van der Waals surface area contributed by atoms with Crippen molar-refractivity contribution in [3.05, 3.63) is 11.6 Å². The molecule has 90 valence electrons. The second kappa shape index (κ2) is 5.13. The van der Waals surface area contributed by atoms with E-state index in [9.17, 15) is 4.79 Å². The third-order valence-electron chi connectivity index (χ3n) is 4.05. The third-order valence-corrected chi connectivity index (χ3v) is 4.05. The number of carbonyl (C=O) groups is 1. The van der Waals surface area contributed by atoms with Gasteiger partial charge in [-0.15, -0.1) is 0 Å². The van der Waals surface area contributed by atoms with Gasteiger partial charge in [0.15, 0.2) is 5.78 Å². The Morgan fingerprint density at radius 1 is 1.19 bits per heavy atom. The Kier molecular flexibility index (Phi) is 3.80. The van der Waals surface area contributed by atoms with E-state index in [0.29, 0.717) is 0 Å². The highest BCUT2D eigenvalue weighted by atomic mass is 16.5. The monoisotopic (exact) mass is 222 g/mol. The summed E-state index contributed by atoms with van der Waals surface area (Å²) in [6.45, 7) is 0. The Hall–Kier alpha value is -0.630. The zero-order valence-electron chi connectivity index (χ0n) is 10.3. The van der Waals surface area contributed by atoms with Gasteiger partial charge in [-0.25, -0.2) is 0 Å². The number of hydrogen-bond acceptors (Lipinski definition) is 2. The average Bonchev–Trinajstić information content (AvgIpc) is 2.15. The Labute approximate surface area is 98.1 Å². The molecule has 0 aromatic carbocycles. The summed E-state index contributed by atoms with van der Waals surface area (Å²) in [5, 5.41) is 0. The van der Waals surface area contributed by atoms with Crippen LogP contribution in [0, 0.1) is 0 Å². The molecule has 0 aliphatic heterocycles. The van der Waals surface area contributed by atoms with Crippen LogP contribution < -0.4 is 0 Å². The van der Waals surface area contributed by atoms with Gasteiger partial charge in [-0.1, -0.05) is 18.9 Å². The Balaban J connectivity index is 2.06. The summed E-state index contributed by atoms with van der Waals surface area (Å²) in [7, 11) is 1.68. The van der Waals surface area contributed by atoms with E-state index in [1.165, 1.54) is 19.3 Å². The van der Waals surface area contributed by atoms with Gasteiger partial charge in [-0.05, 0) is 50.5 Å². The minimum Gasteiger partial charge on any atom is -0.370 e. The first kappa shape index (κ1) is 11.8. The van der Waals surface area contributed by atoms with Gasteiger partial charge < -0.3 is 4.74 Å². The van der Waals surface area contributed by atoms with Crippen molar-refractivity contribution in [3.8, 4) is 0 Å². The molecule has 0 heterocycles. The number of ether oxygens (including phenoxy) is 1. The van der Waals surface area contributed by atoms with Crippen molar-refractivity contribution in [3.63, 3.8) is 0 Å². The van der Waals surface area contributed by atoms with Crippen molar-refractivity contribution in [2.45, 2.75) is 63.4 Å². The Bertz CT molecular complexity index is 282. The molecule has 2 nitrogen and oxygen atoms in total. The zero-order chi connectivity index (χ0) is 11.4. The molecule has 0 atom stereocenters. The second-order valence-corrected chi connectivity index (χ2v) is 5.06. The highest BCUT2D eigenvalue weighted by Gasteiger charge is 2.45. The largest absolute Gasteiger partial charge is 0.370 e. The van der Waals surface area contributed by atoms with E-state index in [1.54, 1.807) is 7.11 Å². The molecule has 0 radical (unpaired) electrons. The maximum Gasteiger partial charge on any atom is 0.190 e. The Morgan fingerprint density at radius 3 is 2.56 bits per heavy atom. The summed E-state index contributed by atoms with van der Waals surface area (Å²) in [6, 6.07) is 0. The second-order valence-electron chi connectivity index (χ2n) is 5.06. The van der Waals surface area contributed by atoms with Crippen LogP contribution in [0.25, 0.3) is 0 Å². The summed E-state index contributed by atoms with van der Waals surface area (Å²) in [4.78, 5) is 12.4. The van der Waals surface area contributed by atoms with Crippen molar-refractivity contribution in [1.82, 2.24) is 0 Å². The van der Waals surface area contributed by atoms with Gasteiger partial charge >= 0.3 is 0 Å². The van der Waals surface area contributed by atoms with Crippen LogP contribution in [0.4, 0.5) is 0 Å². The van der Waals surface area contributed by atoms with Crippen LogP contribution in [-0.4, -0.2) is 18.5 Å². The van der Waals surface area contributed by atoms with Crippen LogP contribution in [-0.2, 0) is 9.53 Å². The number of ketones is 1. The fourth-order valence-corrected chi connectivity index (χ4v) is 2.71. The molecule has 0 bridgehead atoms. The lowest BCUT2D eigenvalue weighted by Crippen LogP contribution is -2.47. The first-order valence-electron chi connectivity index (χ1n) is 6.57. The molecule has 2 aliphatic rings. The van der Waals surface area contributed by atoms with E-state index in [1.807, 2.05) is 0 Å². The average molecular weight is 222 g/mol. The lowest BCUT2D eigenvalue weighted by molar-refractivity contribution is -0.147. The maximum absolute atomic E-state index is 12.4. The van der Waals surface area contributed by atoms with Crippen LogP contribution in [0.3, 0.4) is 0 Å². The zero-order valence-corrected chi connectivity index (χ0v) is 10.3. The van der Waals surface area contributed by atoms with Crippen LogP contribution >= 0.6 is 0 Å². The topological polar surface area (TPSA) is 26.3 Å². The predicted octanol–water partition coefficient (Wildman–Crippen LogP) is 3.41. The lowest BCUT2D eigenvalue weighted by Gasteiger charge is -2.39. The van der Waals surface area contributed by atoms with Crippen molar-refractivity contribution in [2.75, 3.05) is 7.11 Å². The van der Waals surface area contributed by atoms with Crippen LogP contribution in [0.2, 0.25) is 0 Å². The van der Waals surface area contributed by atoms with E-state index in [2.05, 4.69) is 6.08 Å². The third kappa shape index (κ3) is 2.22. The summed E-state index contributed by atoms with van der Waals surface area (Å²) in [6.07, 6.45) is 12.1. The maximum atomic E-state index is 12.4. The van der Waals surface area contributed by atoms with Gasteiger partial charge in [-0.3, -0.25) is 4.79 Å². The number of Topliss-reactive ketones (excluding diaryl/α,β-unsaturated/α-hetero) is 1. The number of allylic oxidation sites excluding steroid dienone is 1. The lowest BCUT2D eigenvalue weighted by atomic mass is 9.73. The van der Waals surface area contributed by atoms with Crippen molar-refractivity contribution in [2.24, 2.45) is 0 Å². The number of carbonyl (C=O) groups excluding carboxylic acids is 1. The summed E-state index contributed by atoms with van der Waals surface area (Å²) in [5.74, 6) is 0.281. The molecule has 0 N–H and O–H groups in total. The molecule has 0 aromatic rings. The minimum atomic E-state index is -0.439. The summed E-state index contributed by atoms with van der Waals surface area (Å²) in [5.41, 5.74) is 0.603. The molecule has 2 rings (SSSR count). The van der Waals surface area contributed by atoms with Gasteiger partial charge in [0.05, 0.1) is 0 Å². The molecule has 2 aliphatic carbocycles. The minimum absolute atomic E-state index is 0.281. The quantitative estimate of drug-likeness (QED) is 0.731. The van der Waals surface area contributed by atoms with Crippen LogP contribution in [0.15, 0.2) is 11.6 Å². The highest BCUT2D eigenvalue weighted by Crippen LogP contribution is 2.38. The van der Waals surface area contributed by atoms with E-state index >= 15 is 0 Å². The van der Waals surface area contributed by atoms with Crippen molar-refractivity contribution in [1.29, 1.82) is 0 Å². The molecular weight excluding hydrogens is 200 g/mol. The van der Waals surface area contributed by atoms with Gasteiger partial charge in [-0.2, -0.15) is 0 Å². The Morgan fingerprint density at radius 2 is 1.94 bits per heavy atom. The summed E-state index contributed by atoms with van der Waals surface area (Å²) < 4.78 is 5.47. The molecule has 0 amide bonds. The van der Waals surface area contributed by atoms with Crippen molar-refractivity contribution < 1.29 is 9.53 Å².